The largest absolute Gasteiger partial charge is 0.255 e. The van der Waals surface area contributed by atoms with Crippen molar-refractivity contribution in [3.05, 3.63) is 48.3 Å². The van der Waals surface area contributed by atoms with Crippen LogP contribution >= 0.6 is 0 Å². The predicted octanol–water partition coefficient (Wildman–Crippen LogP) is 1.97. The van der Waals surface area contributed by atoms with Gasteiger partial charge in [-0.1, -0.05) is 12.1 Å². The van der Waals surface area contributed by atoms with Crippen molar-refractivity contribution in [2.75, 3.05) is 0 Å². The summed E-state index contributed by atoms with van der Waals surface area (Å²) < 4.78 is 0. The molecule has 0 saturated heterocycles. The molecule has 0 bridgehead atoms. The van der Waals surface area contributed by atoms with Crippen molar-refractivity contribution in [1.29, 1.82) is 0 Å². The second kappa shape index (κ2) is 4.48. The van der Waals surface area contributed by atoms with Crippen LogP contribution in [0.1, 0.15) is 5.56 Å². The Bertz CT molecular complexity index is 398. The Morgan fingerprint density at radius 1 is 0.929 bits per heavy atom. The van der Waals surface area contributed by atoms with Crippen LogP contribution in [0.4, 0.5) is 0 Å². The van der Waals surface area contributed by atoms with Crippen molar-refractivity contribution in [3.63, 3.8) is 0 Å². The van der Waals surface area contributed by atoms with Crippen LogP contribution in [0.15, 0.2) is 42.7 Å². The maximum absolute atomic E-state index is 4.29. The van der Waals surface area contributed by atoms with E-state index in [1.165, 1.54) is 0 Å². The summed E-state index contributed by atoms with van der Waals surface area (Å²) in [4.78, 5) is 8.53. The fraction of sp³-hybridized carbons (Fsp3) is 0.0909. The van der Waals surface area contributed by atoms with Crippen LogP contribution in [0.25, 0.3) is 11.4 Å². The van der Waals surface area contributed by atoms with Crippen LogP contribution in [0.2, 0.25) is 0 Å². The maximum atomic E-state index is 4.29. The first-order valence-corrected chi connectivity index (χ1v) is 4.21. The number of pyridine rings is 2. The molecule has 14 heavy (non-hydrogen) atoms. The molecule has 0 aliphatic carbocycles. The standard InChI is InChI=1S/C11H10N2.N/c1-9-5-4-8-13-11(9)10-6-2-3-7-12-10;/h2-8H,1H3;. The first-order valence-electron chi connectivity index (χ1n) is 4.21. The molecular weight excluding hydrogens is 174 g/mol. The molecule has 2 aromatic heterocycles. The Morgan fingerprint density at radius 2 is 1.71 bits per heavy atom. The molecule has 0 fully saturated rings. The summed E-state index contributed by atoms with van der Waals surface area (Å²) in [6, 6.07) is 9.81. The van der Waals surface area contributed by atoms with E-state index in [0.29, 0.717) is 0 Å². The van der Waals surface area contributed by atoms with E-state index in [1.807, 2.05) is 37.3 Å². The topological polar surface area (TPSA) is 56.3 Å². The van der Waals surface area contributed by atoms with E-state index in [9.17, 15) is 0 Å². The van der Waals surface area contributed by atoms with Gasteiger partial charge >= 0.3 is 0 Å². The van der Waals surface area contributed by atoms with E-state index >= 15 is 0 Å². The van der Waals surface area contributed by atoms with Crippen LogP contribution in [0, 0.1) is 6.92 Å². The fourth-order valence-corrected chi connectivity index (χ4v) is 1.26. The van der Waals surface area contributed by atoms with E-state index in [-0.39, 0.29) is 6.15 Å². The van der Waals surface area contributed by atoms with Crippen molar-refractivity contribution >= 4 is 0 Å². The lowest BCUT2D eigenvalue weighted by molar-refractivity contribution is 1.21. The zero-order valence-electron chi connectivity index (χ0n) is 7.88. The minimum absolute atomic E-state index is 0. The summed E-state index contributed by atoms with van der Waals surface area (Å²) in [5.74, 6) is 0. The number of aryl methyl sites for hydroxylation is 1. The third-order valence-corrected chi connectivity index (χ3v) is 1.92. The van der Waals surface area contributed by atoms with E-state index in [2.05, 4.69) is 9.97 Å². The molecule has 0 amide bonds. The van der Waals surface area contributed by atoms with Crippen LogP contribution in [-0.2, 0) is 0 Å². The number of rotatable bonds is 1. The minimum atomic E-state index is 0. The van der Waals surface area contributed by atoms with Crippen molar-refractivity contribution in [3.8, 4) is 11.4 Å². The van der Waals surface area contributed by atoms with Gasteiger partial charge in [-0.15, -0.1) is 0 Å². The van der Waals surface area contributed by atoms with Gasteiger partial charge in [-0.3, -0.25) is 9.97 Å². The van der Waals surface area contributed by atoms with E-state index in [0.717, 1.165) is 17.0 Å². The smallest absolute Gasteiger partial charge is 0.0915 e. The lowest BCUT2D eigenvalue weighted by Crippen LogP contribution is -1.88. The molecule has 0 N–H and O–H groups in total. The number of aromatic nitrogens is 2. The van der Waals surface area contributed by atoms with Gasteiger partial charge in [-0.2, -0.15) is 0 Å². The van der Waals surface area contributed by atoms with Gasteiger partial charge < -0.3 is 0 Å². The highest BCUT2D eigenvalue weighted by atomic mass is 14.8. The zero-order chi connectivity index (χ0) is 9.10. The molecule has 2 heterocycles. The summed E-state index contributed by atoms with van der Waals surface area (Å²) in [6.07, 6.45) is 3.57. The number of hydrogen-bond donors (Lipinski definition) is 0. The minimum Gasteiger partial charge on any atom is -0.255 e. The Balaban J connectivity index is 0.000000980. The summed E-state index contributed by atoms with van der Waals surface area (Å²) in [6.45, 7) is 2.04. The number of nitrogens with zero attached hydrogens (tertiary/aromatic N) is 3. The fourth-order valence-electron chi connectivity index (χ4n) is 1.26. The Labute approximate surface area is 83.4 Å². The molecule has 0 aliphatic rings. The van der Waals surface area contributed by atoms with Gasteiger partial charge in [0.1, 0.15) is 0 Å². The van der Waals surface area contributed by atoms with Crippen molar-refractivity contribution in [2.24, 2.45) is 0 Å². The van der Waals surface area contributed by atoms with E-state index < -0.39 is 0 Å². The predicted molar refractivity (Wildman–Crippen MR) is 54.3 cm³/mol. The first kappa shape index (κ1) is 10.3. The molecule has 2 aromatic rings. The first-order chi connectivity index (χ1) is 6.38. The highest BCUT2D eigenvalue weighted by Crippen LogP contribution is 2.16. The monoisotopic (exact) mass is 184 g/mol. The van der Waals surface area contributed by atoms with Gasteiger partial charge in [0, 0.05) is 18.5 Å². The third kappa shape index (κ3) is 1.95. The average molecular weight is 184 g/mol. The molecule has 3 heteroatoms. The second-order valence-electron chi connectivity index (χ2n) is 2.88. The number of hydrogen-bond acceptors (Lipinski definition) is 2. The van der Waals surface area contributed by atoms with Gasteiger partial charge in [0.2, 0.25) is 0 Å². The highest BCUT2D eigenvalue weighted by Gasteiger charge is 2.01. The Kier molecular flexibility index (Phi) is 3.31. The molecule has 0 spiro atoms. The lowest BCUT2D eigenvalue weighted by Gasteiger charge is -2.01. The molecule has 0 unspecified atom stereocenters. The van der Waals surface area contributed by atoms with Crippen LogP contribution in [0.5, 0.6) is 0 Å². The third-order valence-electron chi connectivity index (χ3n) is 1.92. The van der Waals surface area contributed by atoms with Gasteiger partial charge in [-0.25, -0.2) is 0 Å². The van der Waals surface area contributed by atoms with Gasteiger partial charge in [0.05, 0.1) is 11.4 Å². The molecule has 3 nitrogen and oxygen atoms in total. The van der Waals surface area contributed by atoms with Crippen molar-refractivity contribution < 1.29 is 0 Å². The Morgan fingerprint density at radius 3 is 2.36 bits per heavy atom. The SMILES string of the molecule is Cc1cccnc1-c1ccccn1.[N]. The summed E-state index contributed by atoms with van der Waals surface area (Å²) in [5, 5.41) is 0. The van der Waals surface area contributed by atoms with Crippen molar-refractivity contribution in [2.45, 2.75) is 6.92 Å². The molecule has 3 radical (unpaired) electrons. The molecule has 69 valence electrons. The molecule has 2 rings (SSSR count). The van der Waals surface area contributed by atoms with Gasteiger partial charge in [0.25, 0.3) is 0 Å². The zero-order valence-corrected chi connectivity index (χ0v) is 7.88. The summed E-state index contributed by atoms with van der Waals surface area (Å²) >= 11 is 0. The van der Waals surface area contributed by atoms with Gasteiger partial charge in [-0.05, 0) is 30.7 Å². The normalized spacial score (nSPS) is 9.21. The van der Waals surface area contributed by atoms with Crippen LogP contribution < -0.4 is 6.15 Å². The second-order valence-corrected chi connectivity index (χ2v) is 2.88. The highest BCUT2D eigenvalue weighted by molar-refractivity contribution is 5.57. The molecular formula is C11H10N3. The Hall–Kier alpha value is -1.74. The van der Waals surface area contributed by atoms with Crippen molar-refractivity contribution in [1.82, 2.24) is 16.1 Å². The lowest BCUT2D eigenvalue weighted by atomic mass is 10.1. The molecule has 0 aromatic carbocycles. The molecule has 0 aliphatic heterocycles. The molecule has 0 saturated carbocycles. The van der Waals surface area contributed by atoms with Crippen LogP contribution in [-0.4, -0.2) is 9.97 Å². The quantitative estimate of drug-likeness (QED) is 0.680. The summed E-state index contributed by atoms with van der Waals surface area (Å²) in [5.41, 5.74) is 3.05. The van der Waals surface area contributed by atoms with E-state index in [4.69, 9.17) is 0 Å². The maximum Gasteiger partial charge on any atom is 0.0915 e. The van der Waals surface area contributed by atoms with E-state index in [1.54, 1.807) is 12.4 Å². The molecule has 0 atom stereocenters. The average Bonchev–Trinajstić information content (AvgIpc) is 2.20. The summed E-state index contributed by atoms with van der Waals surface area (Å²) in [7, 11) is 0. The van der Waals surface area contributed by atoms with Crippen LogP contribution in [0.3, 0.4) is 0 Å². The van der Waals surface area contributed by atoms with Gasteiger partial charge in [0.15, 0.2) is 0 Å².